The van der Waals surface area contributed by atoms with Gasteiger partial charge < -0.3 is 17.7 Å². The van der Waals surface area contributed by atoms with Gasteiger partial charge in [0.25, 0.3) is 0 Å². The van der Waals surface area contributed by atoms with Gasteiger partial charge in [-0.15, -0.1) is 0 Å². The van der Waals surface area contributed by atoms with Crippen molar-refractivity contribution in [2.24, 2.45) is 0 Å². The van der Waals surface area contributed by atoms with Crippen molar-refractivity contribution < 1.29 is 52.1 Å². The third-order valence-corrected chi connectivity index (χ3v) is 2.80. The summed E-state index contributed by atoms with van der Waals surface area (Å²) in [5.41, 5.74) is 0. The summed E-state index contributed by atoms with van der Waals surface area (Å²) in [6.45, 7) is 4.32. The zero-order valence-corrected chi connectivity index (χ0v) is 16.6. The molecule has 0 aliphatic carbocycles. The number of unbranched alkanes of at least 4 members (excludes halogenated alkanes) is 9. The molecule has 0 radical (unpaired) electrons. The predicted molar refractivity (Wildman–Crippen MR) is 79.8 cm³/mol. The molecule has 0 atom stereocenters. The molecule has 21 heavy (non-hydrogen) atoms. The van der Waals surface area contributed by atoms with Gasteiger partial charge in [0.15, 0.2) is 0 Å². The second-order valence-corrected chi connectivity index (χ2v) is 5.17. The van der Waals surface area contributed by atoms with Gasteiger partial charge in [-0.25, -0.2) is 0 Å². The average molecular weight is 332 g/mol. The van der Waals surface area contributed by atoms with Crippen molar-refractivity contribution in [2.75, 3.05) is 6.61 Å². The van der Waals surface area contributed by atoms with Gasteiger partial charge in [0.1, 0.15) is 0 Å². The number of ether oxygens (including phenoxy) is 1. The second-order valence-electron chi connectivity index (χ2n) is 4.74. The Labute approximate surface area is 153 Å². The summed E-state index contributed by atoms with van der Waals surface area (Å²) in [5, 5.41) is 0. The van der Waals surface area contributed by atoms with Crippen molar-refractivity contribution in [1.29, 1.82) is 0 Å². The summed E-state index contributed by atoms with van der Waals surface area (Å²) in [7, 11) is -2.86. The van der Waals surface area contributed by atoms with Crippen LogP contribution in [0.25, 0.3) is 0 Å². The minimum absolute atomic E-state index is 0. The van der Waals surface area contributed by atoms with Crippen molar-refractivity contribution in [2.45, 2.75) is 78.1 Å². The number of esters is 1. The summed E-state index contributed by atoms with van der Waals surface area (Å²) in [4.78, 5) is 10.5. The van der Waals surface area contributed by atoms with E-state index in [4.69, 9.17) is 17.7 Å². The first kappa shape index (κ1) is 26.3. The maximum Gasteiger partial charge on any atom is 1.00 e. The molecule has 0 aromatic carbocycles. The van der Waals surface area contributed by atoms with Crippen LogP contribution in [-0.4, -0.2) is 17.1 Å². The average Bonchev–Trinajstić information content (AvgIpc) is 2.35. The van der Waals surface area contributed by atoms with E-state index in [1.165, 1.54) is 64.7 Å². The first-order valence-corrected chi connectivity index (χ1v) is 8.45. The molecule has 0 aliphatic heterocycles. The van der Waals surface area contributed by atoms with E-state index in [0.717, 1.165) is 6.42 Å². The molecule has 5 nitrogen and oxygen atoms in total. The van der Waals surface area contributed by atoms with Crippen molar-refractivity contribution in [1.82, 2.24) is 0 Å². The number of hydrogen-bond donors (Lipinski definition) is 1. The Morgan fingerprint density at radius 2 is 1.24 bits per heavy atom. The molecule has 0 saturated heterocycles. The second kappa shape index (κ2) is 22.7. The van der Waals surface area contributed by atoms with Gasteiger partial charge in [-0.05, 0) is 6.42 Å². The first-order valence-electron chi connectivity index (χ1n) is 7.42. The third-order valence-electron chi connectivity index (χ3n) is 2.80. The summed E-state index contributed by atoms with van der Waals surface area (Å²) in [5.74, 6) is -0.157. The zero-order valence-electron chi connectivity index (χ0n) is 13.8. The molecule has 1 N–H and O–H groups in total. The molecular weight excluding hydrogens is 303 g/mol. The smallest absolute Gasteiger partial charge is 0.466 e. The van der Waals surface area contributed by atoms with Gasteiger partial charge >= 0.3 is 35.5 Å². The summed E-state index contributed by atoms with van der Waals surface area (Å²) >= 11 is 0. The molecule has 0 saturated carbocycles. The summed E-state index contributed by atoms with van der Waals surface area (Å²) in [6.07, 6.45) is 13.1. The SMILES string of the molecule is CCCCCCCCCCCCOC(C)=O.O=[S-](=O)O.[Na+]. The molecule has 0 amide bonds. The van der Waals surface area contributed by atoms with E-state index in [-0.39, 0.29) is 35.5 Å². The van der Waals surface area contributed by atoms with Crippen LogP contribution in [0.3, 0.4) is 0 Å². The van der Waals surface area contributed by atoms with Crippen LogP contribution < -0.4 is 29.6 Å². The normalized spacial score (nSPS) is 9.52. The molecule has 0 aromatic rings. The molecule has 0 aliphatic rings. The first-order chi connectivity index (χ1) is 9.50. The quantitative estimate of drug-likeness (QED) is 0.154. The number of carbonyl (C=O) groups excluding carboxylic acids is 1. The molecule has 0 unspecified atom stereocenters. The number of hydrogen-bond acceptors (Lipinski definition) is 5. The van der Waals surface area contributed by atoms with Crippen molar-refractivity contribution in [3.05, 3.63) is 0 Å². The Bertz CT molecular complexity index is 275. The van der Waals surface area contributed by atoms with E-state index in [9.17, 15) is 4.79 Å². The van der Waals surface area contributed by atoms with E-state index in [1.807, 2.05) is 0 Å². The molecule has 122 valence electrons. The Hall–Kier alpha value is 0.380. The molecule has 0 bridgehead atoms. The fraction of sp³-hybridized carbons (Fsp3) is 0.929. The number of carbonyl (C=O) groups is 1. The van der Waals surface area contributed by atoms with Gasteiger partial charge in [-0.2, -0.15) is 0 Å². The van der Waals surface area contributed by atoms with E-state index < -0.39 is 11.0 Å². The van der Waals surface area contributed by atoms with E-state index in [1.54, 1.807) is 0 Å². The maximum absolute atomic E-state index is 10.5. The fourth-order valence-corrected chi connectivity index (χ4v) is 1.81. The van der Waals surface area contributed by atoms with Gasteiger partial charge in [0.05, 0.1) is 6.61 Å². The predicted octanol–water partition coefficient (Wildman–Crippen LogP) is 1.24. The van der Waals surface area contributed by atoms with Crippen molar-refractivity contribution >= 4 is 17.0 Å². The van der Waals surface area contributed by atoms with Gasteiger partial charge in [0.2, 0.25) is 0 Å². The van der Waals surface area contributed by atoms with E-state index in [0.29, 0.717) is 6.61 Å². The van der Waals surface area contributed by atoms with Crippen molar-refractivity contribution in [3.8, 4) is 0 Å². The van der Waals surface area contributed by atoms with Crippen LogP contribution in [0.5, 0.6) is 0 Å². The molecule has 0 spiro atoms. The standard InChI is InChI=1S/C14H28O2.Na.HO3S/c1-3-4-5-6-7-8-9-10-11-12-13-16-14(2)15;;1-4(2)3/h3-13H2,1-2H3;;(H,1,2,3)/q;+1;-1. The molecule has 0 fully saturated rings. The fourth-order valence-electron chi connectivity index (χ4n) is 1.81. The van der Waals surface area contributed by atoms with Crippen LogP contribution in [0.4, 0.5) is 0 Å². The van der Waals surface area contributed by atoms with Gasteiger partial charge in [-0.3, -0.25) is 4.79 Å². The van der Waals surface area contributed by atoms with Crippen LogP contribution >= 0.6 is 0 Å². The molecular formula is C14H29NaO5S. The largest absolute Gasteiger partial charge is 1.00 e. The third kappa shape index (κ3) is 38.5. The Morgan fingerprint density at radius 1 is 0.905 bits per heavy atom. The molecule has 7 heteroatoms. The van der Waals surface area contributed by atoms with Gasteiger partial charge in [0, 0.05) is 17.9 Å². The van der Waals surface area contributed by atoms with Crippen LogP contribution in [0.15, 0.2) is 0 Å². The molecule has 0 rings (SSSR count). The summed E-state index contributed by atoms with van der Waals surface area (Å²) in [6, 6.07) is 0. The van der Waals surface area contributed by atoms with Crippen LogP contribution in [0, 0.1) is 0 Å². The minimum Gasteiger partial charge on any atom is -0.466 e. The number of rotatable bonds is 11. The maximum atomic E-state index is 10.5. The minimum atomic E-state index is -2.86. The van der Waals surface area contributed by atoms with Crippen LogP contribution in [-0.2, 0) is 28.9 Å². The molecule has 0 aromatic heterocycles. The van der Waals surface area contributed by atoms with Crippen molar-refractivity contribution in [3.63, 3.8) is 0 Å². The van der Waals surface area contributed by atoms with Crippen LogP contribution in [0.2, 0.25) is 0 Å². The van der Waals surface area contributed by atoms with E-state index in [2.05, 4.69) is 6.92 Å². The Balaban J connectivity index is -0.000000572. The zero-order chi connectivity index (χ0) is 15.6. The van der Waals surface area contributed by atoms with Gasteiger partial charge in [-0.1, -0.05) is 64.7 Å². The Kier molecular flexibility index (Phi) is 28.4. The summed E-state index contributed by atoms with van der Waals surface area (Å²) < 4.78 is 29.0. The molecule has 0 heterocycles. The monoisotopic (exact) mass is 332 g/mol. The van der Waals surface area contributed by atoms with E-state index >= 15 is 0 Å². The van der Waals surface area contributed by atoms with Crippen LogP contribution in [0.1, 0.15) is 78.1 Å². The Morgan fingerprint density at radius 3 is 1.57 bits per heavy atom. The topological polar surface area (TPSA) is 80.7 Å².